The van der Waals surface area contributed by atoms with Crippen LogP contribution in [0.1, 0.15) is 84.5 Å². The molecule has 5 nitrogen and oxygen atoms in total. The fraction of sp³-hybridized carbons (Fsp3) is 0.760. The Balaban J connectivity index is 1.89. The highest BCUT2D eigenvalue weighted by molar-refractivity contribution is 7.99. The van der Waals surface area contributed by atoms with Crippen LogP contribution >= 0.6 is 20.0 Å². The summed E-state index contributed by atoms with van der Waals surface area (Å²) in [7, 11) is -2.48. The predicted molar refractivity (Wildman–Crippen MR) is 136 cm³/mol. The molecule has 0 saturated carbocycles. The second-order valence-electron chi connectivity index (χ2n) is 8.26. The molecule has 7 heteroatoms. The monoisotopic (exact) mass is 487 g/mol. The second kappa shape index (κ2) is 20.9. The van der Waals surface area contributed by atoms with E-state index in [0.717, 1.165) is 31.4 Å². The first-order valence-corrected chi connectivity index (χ1v) is 14.6. The second-order valence-corrected chi connectivity index (χ2v) is 10.2. The highest BCUT2D eigenvalue weighted by atomic mass is 32.2. The molecule has 0 fully saturated rings. The van der Waals surface area contributed by atoms with Crippen LogP contribution in [0.4, 0.5) is 0 Å². The van der Waals surface area contributed by atoms with Crippen molar-refractivity contribution in [2.45, 2.75) is 96.7 Å². The molecule has 3 atom stereocenters. The van der Waals surface area contributed by atoms with Crippen LogP contribution in [-0.2, 0) is 13.8 Å². The summed E-state index contributed by atoms with van der Waals surface area (Å²) in [5.74, 6) is 3.42. The van der Waals surface area contributed by atoms with E-state index in [2.05, 4.69) is 30.1 Å². The molecule has 185 valence electrons. The highest BCUT2D eigenvalue weighted by Gasteiger charge is 2.09. The summed E-state index contributed by atoms with van der Waals surface area (Å²) in [6.07, 6.45) is 13.5. The predicted octanol–water partition coefficient (Wildman–Crippen LogP) is 7.55. The summed E-state index contributed by atoms with van der Waals surface area (Å²) in [6.45, 7) is 5.18. The van der Waals surface area contributed by atoms with Crippen LogP contribution in [0.15, 0.2) is 30.3 Å². The largest absolute Gasteiger partial charge is 0.490 e. The fourth-order valence-electron chi connectivity index (χ4n) is 3.50. The van der Waals surface area contributed by atoms with Gasteiger partial charge in [-0.1, -0.05) is 63.6 Å². The van der Waals surface area contributed by atoms with Crippen LogP contribution in [0.5, 0.6) is 5.75 Å². The average molecular weight is 488 g/mol. The third-order valence-electron chi connectivity index (χ3n) is 5.28. The number of unbranched alkanes of at least 4 members (excludes halogenated alkanes) is 5. The van der Waals surface area contributed by atoms with E-state index in [0.29, 0.717) is 19.1 Å². The number of thioether (sulfide) groups is 1. The Hall–Kier alpha value is -0.650. The molecule has 0 aromatic heterocycles. The molecule has 0 spiro atoms. The van der Waals surface area contributed by atoms with Crippen molar-refractivity contribution in [3.63, 3.8) is 0 Å². The van der Waals surface area contributed by atoms with Gasteiger partial charge in [0.15, 0.2) is 0 Å². The van der Waals surface area contributed by atoms with E-state index in [1.165, 1.54) is 50.0 Å². The van der Waals surface area contributed by atoms with Crippen LogP contribution in [0.25, 0.3) is 0 Å². The van der Waals surface area contributed by atoms with E-state index in [1.54, 1.807) is 0 Å². The number of hydrogen-bond donors (Lipinski definition) is 1. The van der Waals surface area contributed by atoms with E-state index < -0.39 is 8.25 Å². The molecule has 1 N–H and O–H groups in total. The molecular formula is C25H44O5PS. The van der Waals surface area contributed by atoms with Gasteiger partial charge in [-0.25, -0.2) is 4.57 Å². The lowest BCUT2D eigenvalue weighted by atomic mass is 10.1. The summed E-state index contributed by atoms with van der Waals surface area (Å²) >= 11 is 2.07. The van der Waals surface area contributed by atoms with Gasteiger partial charge in [0.1, 0.15) is 5.75 Å². The Morgan fingerprint density at radius 1 is 0.906 bits per heavy atom. The number of para-hydroxylation sites is 1. The van der Waals surface area contributed by atoms with Gasteiger partial charge in [0.2, 0.25) is 0 Å². The molecule has 0 amide bonds. The van der Waals surface area contributed by atoms with Gasteiger partial charge in [-0.05, 0) is 62.7 Å². The van der Waals surface area contributed by atoms with Gasteiger partial charge in [0.25, 0.3) is 0 Å². The van der Waals surface area contributed by atoms with Gasteiger partial charge in [-0.2, -0.15) is 11.8 Å². The zero-order valence-electron chi connectivity index (χ0n) is 20.1. The minimum atomic E-state index is -2.48. The maximum atomic E-state index is 10.4. The molecule has 0 aliphatic rings. The van der Waals surface area contributed by atoms with Gasteiger partial charge in [0.05, 0.1) is 18.8 Å². The molecule has 0 aliphatic heterocycles. The van der Waals surface area contributed by atoms with E-state index >= 15 is 0 Å². The minimum absolute atomic E-state index is 0.247. The van der Waals surface area contributed by atoms with Crippen molar-refractivity contribution in [3.8, 4) is 5.75 Å². The van der Waals surface area contributed by atoms with Crippen molar-refractivity contribution in [3.05, 3.63) is 30.3 Å². The van der Waals surface area contributed by atoms with Gasteiger partial charge in [0, 0.05) is 6.61 Å². The molecule has 0 aliphatic carbocycles. The summed E-state index contributed by atoms with van der Waals surface area (Å²) < 4.78 is 26.9. The van der Waals surface area contributed by atoms with Crippen molar-refractivity contribution in [1.29, 1.82) is 0 Å². The number of rotatable bonds is 22. The number of hydrogen-bond acceptors (Lipinski definition) is 5. The zero-order chi connectivity index (χ0) is 23.3. The quantitative estimate of drug-likeness (QED) is 0.135. The smallest absolute Gasteiger partial charge is 0.366 e. The summed E-state index contributed by atoms with van der Waals surface area (Å²) in [5.41, 5.74) is 0. The third-order valence-corrected chi connectivity index (χ3v) is 6.79. The maximum absolute atomic E-state index is 10.4. The molecule has 1 aromatic rings. The summed E-state index contributed by atoms with van der Waals surface area (Å²) in [5, 5.41) is 0. The summed E-state index contributed by atoms with van der Waals surface area (Å²) in [6, 6.07) is 10.2. The first kappa shape index (κ1) is 29.4. The normalized spacial score (nSPS) is 13.7. The molecule has 3 unspecified atom stereocenters. The molecule has 32 heavy (non-hydrogen) atoms. The van der Waals surface area contributed by atoms with Crippen LogP contribution in [0.2, 0.25) is 0 Å². The van der Waals surface area contributed by atoms with Crippen molar-refractivity contribution >= 4 is 20.0 Å². The Labute approximate surface area is 201 Å². The minimum Gasteiger partial charge on any atom is -0.490 e. The lowest BCUT2D eigenvalue weighted by Gasteiger charge is -2.18. The van der Waals surface area contributed by atoms with Crippen molar-refractivity contribution in [2.75, 3.05) is 24.7 Å². The van der Waals surface area contributed by atoms with Crippen molar-refractivity contribution in [2.24, 2.45) is 0 Å². The topological polar surface area (TPSA) is 65.0 Å². The van der Waals surface area contributed by atoms with Gasteiger partial charge >= 0.3 is 8.25 Å². The molecule has 0 heterocycles. The Morgan fingerprint density at radius 2 is 1.62 bits per heavy atom. The van der Waals surface area contributed by atoms with Crippen LogP contribution < -0.4 is 4.74 Å². The van der Waals surface area contributed by atoms with E-state index in [1.807, 2.05) is 30.3 Å². The maximum Gasteiger partial charge on any atom is 0.366 e. The number of ether oxygens (including phenoxy) is 2. The van der Waals surface area contributed by atoms with E-state index in [4.69, 9.17) is 14.4 Å². The SMILES string of the molecule is CCCC(CCSCCCCCCCCC(C)OCCCO[P](=O)O)Oc1ccccc1. The first-order valence-electron chi connectivity index (χ1n) is 12.3. The van der Waals surface area contributed by atoms with Gasteiger partial charge in [-0.3, -0.25) is 9.42 Å². The Kier molecular flexibility index (Phi) is 19.2. The fourth-order valence-corrected chi connectivity index (χ4v) is 4.83. The van der Waals surface area contributed by atoms with Gasteiger partial charge in [-0.15, -0.1) is 0 Å². The molecule has 1 rings (SSSR count). The molecule has 1 radical (unpaired) electrons. The summed E-state index contributed by atoms with van der Waals surface area (Å²) in [4.78, 5) is 8.54. The van der Waals surface area contributed by atoms with E-state index in [-0.39, 0.29) is 12.7 Å². The molecule has 0 bridgehead atoms. The van der Waals surface area contributed by atoms with Crippen molar-refractivity contribution in [1.82, 2.24) is 0 Å². The highest BCUT2D eigenvalue weighted by Crippen LogP contribution is 2.19. The molecule has 0 saturated heterocycles. The lowest BCUT2D eigenvalue weighted by molar-refractivity contribution is 0.0505. The Bertz CT molecular complexity index is 561. The van der Waals surface area contributed by atoms with Crippen LogP contribution in [-0.4, -0.2) is 41.8 Å². The third kappa shape index (κ3) is 17.9. The van der Waals surface area contributed by atoms with Crippen LogP contribution in [0, 0.1) is 0 Å². The first-order chi connectivity index (χ1) is 15.6. The number of benzene rings is 1. The van der Waals surface area contributed by atoms with Crippen LogP contribution in [0.3, 0.4) is 0 Å². The molecule has 1 aromatic carbocycles. The van der Waals surface area contributed by atoms with Gasteiger partial charge < -0.3 is 9.47 Å². The van der Waals surface area contributed by atoms with Crippen molar-refractivity contribution < 1.29 is 23.5 Å². The average Bonchev–Trinajstić information content (AvgIpc) is 2.77. The lowest BCUT2D eigenvalue weighted by Crippen LogP contribution is -2.17. The molecular weight excluding hydrogens is 443 g/mol. The van der Waals surface area contributed by atoms with E-state index in [9.17, 15) is 4.57 Å². The standard InChI is InChI=1S/C25H44O5PS/c1-3-14-24(30-25-16-10-8-11-17-25)18-22-32-21-12-7-5-4-6-9-15-23(2)28-19-13-20-29-31(26)27/h8,10-11,16-17,23-24H,3-7,9,12-15,18-22H2,1-2H3,(H,26,27). The Morgan fingerprint density at radius 3 is 2.34 bits per heavy atom. The zero-order valence-corrected chi connectivity index (χ0v) is 21.8.